The Hall–Kier alpha value is -2.45. The third-order valence-electron chi connectivity index (χ3n) is 10.6. The smallest absolute Gasteiger partial charge is 0.306 e. The number of rotatable bonds is 42. The molecule has 0 rings (SSSR count). The van der Waals surface area contributed by atoms with E-state index in [0.717, 1.165) is 64.2 Å². The molecule has 0 fully saturated rings. The first-order valence-electron chi connectivity index (χ1n) is 23.5. The van der Waals surface area contributed by atoms with Gasteiger partial charge in [-0.15, -0.1) is 0 Å². The first-order chi connectivity index (χ1) is 27.6. The summed E-state index contributed by atoms with van der Waals surface area (Å²) in [6.45, 7) is 4.53. The van der Waals surface area contributed by atoms with Crippen LogP contribution in [0.2, 0.25) is 0 Å². The van der Waals surface area contributed by atoms with Gasteiger partial charge in [-0.1, -0.05) is 192 Å². The average molecular weight is 804 g/mol. The number of likely N-dealkylation sites (N-methyl/N-ethyl adjacent to an activating group) is 1. The predicted molar refractivity (Wildman–Crippen MR) is 236 cm³/mol. The summed E-state index contributed by atoms with van der Waals surface area (Å²) in [6.07, 6.45) is 46.0. The Balaban J connectivity index is 4.26. The number of hydrogen-bond donors (Lipinski definition) is 0. The minimum atomic E-state index is -1.13. The molecule has 0 aromatic rings. The minimum absolute atomic E-state index is 0.0366. The first kappa shape index (κ1) is 54.6. The molecule has 332 valence electrons. The Kier molecular flexibility index (Phi) is 38.6. The standard InChI is InChI=1S/C49H89NO7/c1-6-8-10-12-14-16-18-20-21-22-23-24-25-26-28-30-32-34-36-38-40-48(52)57-45(43-55-42-41-46(49(53)54)50(3,4)5)44-56-47(51)39-37-35-33-31-29-27-19-17-15-13-11-9-7-2/h9,11,13,15,17,19,45-46H,6-8,10,12,14,16,18,20-44H2,1-5H3/b11-9+,15-13+,19-17+. The lowest BCUT2D eigenvalue weighted by Crippen LogP contribution is -2.55. The van der Waals surface area contributed by atoms with Crippen LogP contribution in [0.25, 0.3) is 0 Å². The SMILES string of the molecule is CC/C=C/C=C/C=C/CCCCCCCC(=O)OCC(COCCC(C(=O)[O-])[N+](C)(C)C)OC(=O)CCCCCCCCCCCCCCCCCCCCCC. The van der Waals surface area contributed by atoms with Crippen molar-refractivity contribution >= 4 is 17.9 Å². The minimum Gasteiger partial charge on any atom is -0.544 e. The maximum absolute atomic E-state index is 12.7. The Morgan fingerprint density at radius 3 is 1.44 bits per heavy atom. The molecule has 0 aromatic carbocycles. The van der Waals surface area contributed by atoms with E-state index < -0.39 is 18.1 Å². The van der Waals surface area contributed by atoms with Gasteiger partial charge < -0.3 is 28.6 Å². The van der Waals surface area contributed by atoms with Gasteiger partial charge in [-0.25, -0.2) is 0 Å². The largest absolute Gasteiger partial charge is 0.544 e. The van der Waals surface area contributed by atoms with E-state index in [1.165, 1.54) is 109 Å². The lowest BCUT2D eigenvalue weighted by molar-refractivity contribution is -0.889. The molecule has 2 atom stereocenters. The number of carbonyl (C=O) groups is 3. The number of carboxylic acids is 1. The molecule has 0 heterocycles. The zero-order valence-electron chi connectivity index (χ0n) is 37.8. The molecule has 0 spiro atoms. The zero-order valence-corrected chi connectivity index (χ0v) is 37.8. The molecular weight excluding hydrogens is 715 g/mol. The normalized spacial score (nSPS) is 13.2. The third kappa shape index (κ3) is 38.8. The van der Waals surface area contributed by atoms with Crippen LogP contribution in [0, 0.1) is 0 Å². The summed E-state index contributed by atoms with van der Waals surface area (Å²) in [4.78, 5) is 36.9. The van der Waals surface area contributed by atoms with Gasteiger partial charge in [0.1, 0.15) is 12.6 Å². The fourth-order valence-electron chi connectivity index (χ4n) is 6.95. The fraction of sp³-hybridized carbons (Fsp3) is 0.816. The number of esters is 2. The van der Waals surface area contributed by atoms with Gasteiger partial charge in [-0.3, -0.25) is 9.59 Å². The zero-order chi connectivity index (χ0) is 42.1. The topological polar surface area (TPSA) is 102 Å². The van der Waals surface area contributed by atoms with Gasteiger partial charge in [-0.05, 0) is 32.1 Å². The second kappa shape index (κ2) is 40.3. The lowest BCUT2D eigenvalue weighted by atomic mass is 10.0. The number of ether oxygens (including phenoxy) is 3. The number of aliphatic carboxylic acids is 1. The number of nitrogens with zero attached hydrogens (tertiary/aromatic N) is 1. The Labute approximate surface area is 351 Å². The van der Waals surface area contributed by atoms with Crippen LogP contribution >= 0.6 is 0 Å². The summed E-state index contributed by atoms with van der Waals surface area (Å²) in [6, 6.07) is -0.727. The van der Waals surface area contributed by atoms with Crippen molar-refractivity contribution in [2.75, 3.05) is 41.0 Å². The highest BCUT2D eigenvalue weighted by atomic mass is 16.6. The van der Waals surface area contributed by atoms with Gasteiger partial charge in [0.05, 0.1) is 40.3 Å². The number of carbonyl (C=O) groups excluding carboxylic acids is 3. The molecular formula is C49H89NO7. The first-order valence-corrected chi connectivity index (χ1v) is 23.5. The Bertz CT molecular complexity index is 1030. The highest BCUT2D eigenvalue weighted by molar-refractivity contribution is 5.70. The summed E-state index contributed by atoms with van der Waals surface area (Å²) < 4.78 is 17.2. The molecule has 0 aliphatic heterocycles. The summed E-state index contributed by atoms with van der Waals surface area (Å²) in [5, 5.41) is 11.6. The maximum Gasteiger partial charge on any atom is 0.306 e. The van der Waals surface area contributed by atoms with Crippen LogP contribution in [0.5, 0.6) is 0 Å². The molecule has 8 heteroatoms. The second-order valence-corrected chi connectivity index (χ2v) is 17.0. The van der Waals surface area contributed by atoms with Crippen LogP contribution in [0.4, 0.5) is 0 Å². The van der Waals surface area contributed by atoms with E-state index in [1.807, 2.05) is 6.08 Å². The summed E-state index contributed by atoms with van der Waals surface area (Å²) in [7, 11) is 5.41. The van der Waals surface area contributed by atoms with E-state index in [0.29, 0.717) is 12.8 Å². The van der Waals surface area contributed by atoms with Crippen LogP contribution in [0.1, 0.15) is 206 Å². The van der Waals surface area contributed by atoms with Gasteiger partial charge >= 0.3 is 11.9 Å². The van der Waals surface area contributed by atoms with E-state index in [9.17, 15) is 19.5 Å². The third-order valence-corrected chi connectivity index (χ3v) is 10.6. The highest BCUT2D eigenvalue weighted by Gasteiger charge is 2.25. The van der Waals surface area contributed by atoms with Crippen LogP contribution in [0.3, 0.4) is 0 Å². The highest BCUT2D eigenvalue weighted by Crippen LogP contribution is 2.16. The number of carboxylic acid groups (broad SMARTS) is 1. The molecule has 8 nitrogen and oxygen atoms in total. The molecule has 0 amide bonds. The van der Waals surface area contributed by atoms with Crippen molar-refractivity contribution in [3.63, 3.8) is 0 Å². The fourth-order valence-corrected chi connectivity index (χ4v) is 6.95. The number of allylic oxidation sites excluding steroid dienone is 6. The van der Waals surface area contributed by atoms with Crippen molar-refractivity contribution in [3.8, 4) is 0 Å². The molecule has 2 unspecified atom stereocenters. The van der Waals surface area contributed by atoms with Crippen molar-refractivity contribution in [1.29, 1.82) is 0 Å². The van der Waals surface area contributed by atoms with E-state index in [1.54, 1.807) is 21.1 Å². The molecule has 57 heavy (non-hydrogen) atoms. The number of unbranched alkanes of at least 4 members (excludes halogenated alkanes) is 24. The van der Waals surface area contributed by atoms with Crippen LogP contribution in [-0.2, 0) is 28.6 Å². The van der Waals surface area contributed by atoms with E-state index >= 15 is 0 Å². The van der Waals surface area contributed by atoms with Crippen LogP contribution in [0.15, 0.2) is 36.5 Å². The summed E-state index contributed by atoms with van der Waals surface area (Å²) in [5.74, 6) is -1.75. The van der Waals surface area contributed by atoms with Gasteiger partial charge in [0.25, 0.3) is 0 Å². The number of hydrogen-bond acceptors (Lipinski definition) is 7. The van der Waals surface area contributed by atoms with Gasteiger partial charge in [0.15, 0.2) is 6.10 Å². The molecule has 0 aromatic heterocycles. The van der Waals surface area contributed by atoms with Crippen molar-refractivity contribution < 1.29 is 38.2 Å². The van der Waals surface area contributed by atoms with Crippen molar-refractivity contribution in [2.24, 2.45) is 0 Å². The van der Waals surface area contributed by atoms with E-state index in [4.69, 9.17) is 14.2 Å². The predicted octanol–water partition coefficient (Wildman–Crippen LogP) is 11.7. The van der Waals surface area contributed by atoms with Gasteiger partial charge in [0.2, 0.25) is 0 Å². The summed E-state index contributed by atoms with van der Waals surface area (Å²) in [5.41, 5.74) is 0. The summed E-state index contributed by atoms with van der Waals surface area (Å²) >= 11 is 0. The monoisotopic (exact) mass is 804 g/mol. The molecule has 0 radical (unpaired) electrons. The Morgan fingerprint density at radius 1 is 0.544 bits per heavy atom. The molecule has 0 N–H and O–H groups in total. The molecule has 0 saturated carbocycles. The quantitative estimate of drug-likeness (QED) is 0.0262. The molecule has 0 aliphatic rings. The van der Waals surface area contributed by atoms with Crippen molar-refractivity contribution in [1.82, 2.24) is 0 Å². The maximum atomic E-state index is 12.7. The number of quaternary nitrogens is 1. The lowest BCUT2D eigenvalue weighted by Gasteiger charge is -2.34. The average Bonchev–Trinajstić information content (AvgIpc) is 3.17. The van der Waals surface area contributed by atoms with Crippen molar-refractivity contribution in [2.45, 2.75) is 219 Å². The van der Waals surface area contributed by atoms with E-state index in [2.05, 4.69) is 44.2 Å². The van der Waals surface area contributed by atoms with Gasteiger partial charge in [0, 0.05) is 19.3 Å². The molecule has 0 bridgehead atoms. The van der Waals surface area contributed by atoms with Crippen molar-refractivity contribution in [3.05, 3.63) is 36.5 Å². The van der Waals surface area contributed by atoms with E-state index in [-0.39, 0.29) is 42.7 Å². The van der Waals surface area contributed by atoms with Gasteiger partial charge in [-0.2, -0.15) is 0 Å². The van der Waals surface area contributed by atoms with Crippen LogP contribution in [-0.4, -0.2) is 75.5 Å². The molecule has 0 saturated heterocycles. The second-order valence-electron chi connectivity index (χ2n) is 17.0. The Morgan fingerprint density at radius 2 is 0.982 bits per heavy atom. The van der Waals surface area contributed by atoms with Crippen LogP contribution < -0.4 is 5.11 Å². The molecule has 0 aliphatic carbocycles.